The van der Waals surface area contributed by atoms with Gasteiger partial charge in [0.05, 0.1) is 29.6 Å². The topological polar surface area (TPSA) is 83.4 Å². The molecule has 0 saturated heterocycles. The highest BCUT2D eigenvalue weighted by Crippen LogP contribution is 2.13. The van der Waals surface area contributed by atoms with E-state index in [1.54, 1.807) is 36.3 Å². The molecule has 0 radical (unpaired) electrons. The second kappa shape index (κ2) is 6.68. The lowest BCUT2D eigenvalue weighted by atomic mass is 10.2. The molecule has 7 heteroatoms. The van der Waals surface area contributed by atoms with E-state index >= 15 is 0 Å². The molecule has 0 aliphatic heterocycles. The fourth-order valence-corrected chi connectivity index (χ4v) is 3.15. The van der Waals surface area contributed by atoms with E-state index in [0.717, 1.165) is 16.9 Å². The molecule has 27 heavy (non-hydrogen) atoms. The van der Waals surface area contributed by atoms with Gasteiger partial charge in [-0.1, -0.05) is 18.2 Å². The standard InChI is InChI=1S/C20H19N5O2/c1-13-6-5-9-25-14(11-21-19(13)25)10-18(26)24(2)12-17-22-16-8-4-3-7-15(16)20(27)23-17/h3-9,11H,10,12H2,1-2H3,(H,22,23,27). The fourth-order valence-electron chi connectivity index (χ4n) is 3.15. The van der Waals surface area contributed by atoms with Gasteiger partial charge in [0.1, 0.15) is 11.5 Å². The first kappa shape index (κ1) is 17.0. The van der Waals surface area contributed by atoms with Crippen LogP contribution in [0.5, 0.6) is 0 Å². The number of aromatic amines is 1. The van der Waals surface area contributed by atoms with E-state index in [-0.39, 0.29) is 24.4 Å². The van der Waals surface area contributed by atoms with Crippen molar-refractivity contribution in [1.82, 2.24) is 24.3 Å². The van der Waals surface area contributed by atoms with Gasteiger partial charge in [0.25, 0.3) is 5.56 Å². The number of nitrogens with zero attached hydrogens (tertiary/aromatic N) is 4. The van der Waals surface area contributed by atoms with Crippen molar-refractivity contribution in [3.8, 4) is 0 Å². The highest BCUT2D eigenvalue weighted by atomic mass is 16.2. The lowest BCUT2D eigenvalue weighted by molar-refractivity contribution is -0.129. The van der Waals surface area contributed by atoms with Crippen LogP contribution in [0.3, 0.4) is 0 Å². The number of likely N-dealkylation sites (N-methyl/N-ethyl adjacent to an activating group) is 1. The predicted octanol–water partition coefficient (Wildman–Crippen LogP) is 2.08. The Morgan fingerprint density at radius 1 is 1.22 bits per heavy atom. The van der Waals surface area contributed by atoms with E-state index < -0.39 is 0 Å². The van der Waals surface area contributed by atoms with Gasteiger partial charge in [0, 0.05) is 19.4 Å². The molecule has 0 aliphatic carbocycles. The zero-order valence-electron chi connectivity index (χ0n) is 15.1. The molecule has 136 valence electrons. The van der Waals surface area contributed by atoms with E-state index in [4.69, 9.17) is 0 Å². The number of benzene rings is 1. The van der Waals surface area contributed by atoms with Gasteiger partial charge in [-0.05, 0) is 30.7 Å². The molecular formula is C20H19N5O2. The average molecular weight is 361 g/mol. The monoisotopic (exact) mass is 361 g/mol. The molecule has 7 nitrogen and oxygen atoms in total. The molecule has 1 amide bonds. The molecule has 0 saturated carbocycles. The number of carbonyl (C=O) groups is 1. The second-order valence-corrected chi connectivity index (χ2v) is 6.59. The number of pyridine rings is 1. The summed E-state index contributed by atoms with van der Waals surface area (Å²) in [7, 11) is 1.70. The Kier molecular flexibility index (Phi) is 4.19. The number of carbonyl (C=O) groups excluding carboxylic acids is 1. The summed E-state index contributed by atoms with van der Waals surface area (Å²) in [6.07, 6.45) is 3.85. The first-order valence-corrected chi connectivity index (χ1v) is 8.66. The SMILES string of the molecule is Cc1cccn2c(CC(=O)N(C)Cc3nc4ccccc4c(=O)[nH]3)cnc12. The quantitative estimate of drug-likeness (QED) is 0.603. The Hall–Kier alpha value is -3.48. The summed E-state index contributed by atoms with van der Waals surface area (Å²) in [6.45, 7) is 2.22. The maximum Gasteiger partial charge on any atom is 0.258 e. The van der Waals surface area contributed by atoms with Crippen LogP contribution in [0.25, 0.3) is 16.6 Å². The van der Waals surface area contributed by atoms with Gasteiger partial charge in [-0.25, -0.2) is 9.97 Å². The van der Waals surface area contributed by atoms with Gasteiger partial charge in [0.15, 0.2) is 0 Å². The van der Waals surface area contributed by atoms with Gasteiger partial charge in [-0.2, -0.15) is 0 Å². The molecule has 1 aromatic carbocycles. The molecular weight excluding hydrogens is 342 g/mol. The van der Waals surface area contributed by atoms with Gasteiger partial charge in [0.2, 0.25) is 5.91 Å². The number of amides is 1. The largest absolute Gasteiger partial charge is 0.338 e. The Labute approximate surface area is 155 Å². The van der Waals surface area contributed by atoms with E-state index in [1.807, 2.05) is 35.7 Å². The molecule has 0 atom stereocenters. The number of nitrogens with one attached hydrogen (secondary N) is 1. The molecule has 3 heterocycles. The number of aryl methyl sites for hydroxylation is 1. The zero-order chi connectivity index (χ0) is 19.0. The van der Waals surface area contributed by atoms with Crippen molar-refractivity contribution in [3.05, 3.63) is 76.2 Å². The van der Waals surface area contributed by atoms with Crippen LogP contribution in [0.2, 0.25) is 0 Å². The molecule has 1 N–H and O–H groups in total. The summed E-state index contributed by atoms with van der Waals surface area (Å²) in [5.41, 5.74) is 3.15. The number of aromatic nitrogens is 4. The molecule has 4 aromatic rings. The number of imidazole rings is 1. The number of fused-ring (bicyclic) bond motifs is 2. The highest BCUT2D eigenvalue weighted by molar-refractivity contribution is 5.79. The van der Waals surface area contributed by atoms with E-state index in [1.165, 1.54) is 0 Å². The number of hydrogen-bond acceptors (Lipinski definition) is 4. The van der Waals surface area contributed by atoms with Crippen molar-refractivity contribution < 1.29 is 4.79 Å². The summed E-state index contributed by atoms with van der Waals surface area (Å²) in [4.78, 5) is 38.0. The van der Waals surface area contributed by atoms with Crippen LogP contribution in [0, 0.1) is 6.92 Å². The van der Waals surface area contributed by atoms with Crippen LogP contribution < -0.4 is 5.56 Å². The van der Waals surface area contributed by atoms with Crippen molar-refractivity contribution in [2.24, 2.45) is 0 Å². The second-order valence-electron chi connectivity index (χ2n) is 6.59. The normalized spacial score (nSPS) is 11.2. The minimum atomic E-state index is -0.200. The Bertz CT molecular complexity index is 1210. The third-order valence-electron chi connectivity index (χ3n) is 4.61. The van der Waals surface area contributed by atoms with Crippen molar-refractivity contribution in [2.45, 2.75) is 19.9 Å². The van der Waals surface area contributed by atoms with Crippen LogP contribution in [0.1, 0.15) is 17.1 Å². The maximum absolute atomic E-state index is 12.7. The van der Waals surface area contributed by atoms with E-state index in [2.05, 4.69) is 15.0 Å². The minimum Gasteiger partial charge on any atom is -0.338 e. The average Bonchev–Trinajstić information content (AvgIpc) is 3.06. The molecule has 3 aromatic heterocycles. The van der Waals surface area contributed by atoms with Crippen molar-refractivity contribution in [3.63, 3.8) is 0 Å². The molecule has 4 rings (SSSR count). The van der Waals surface area contributed by atoms with Gasteiger partial charge in [-0.3, -0.25) is 9.59 Å². The maximum atomic E-state index is 12.7. The number of para-hydroxylation sites is 1. The summed E-state index contributed by atoms with van der Waals surface area (Å²) < 4.78 is 1.93. The number of hydrogen-bond donors (Lipinski definition) is 1. The highest BCUT2D eigenvalue weighted by Gasteiger charge is 2.15. The smallest absolute Gasteiger partial charge is 0.258 e. The Morgan fingerprint density at radius 3 is 2.89 bits per heavy atom. The van der Waals surface area contributed by atoms with E-state index in [0.29, 0.717) is 16.7 Å². The lowest BCUT2D eigenvalue weighted by Gasteiger charge is -2.16. The van der Waals surface area contributed by atoms with Crippen LogP contribution in [0.4, 0.5) is 0 Å². The van der Waals surface area contributed by atoms with Crippen molar-refractivity contribution >= 4 is 22.5 Å². The molecule has 0 bridgehead atoms. The number of rotatable bonds is 4. The van der Waals surface area contributed by atoms with E-state index in [9.17, 15) is 9.59 Å². The minimum absolute atomic E-state index is 0.0749. The third kappa shape index (κ3) is 3.19. The Morgan fingerprint density at radius 2 is 2.04 bits per heavy atom. The lowest BCUT2D eigenvalue weighted by Crippen LogP contribution is -2.30. The number of H-pyrrole nitrogens is 1. The van der Waals surface area contributed by atoms with Crippen LogP contribution in [-0.2, 0) is 17.8 Å². The van der Waals surface area contributed by atoms with Crippen LogP contribution in [0.15, 0.2) is 53.6 Å². The Balaban J connectivity index is 1.54. The fraction of sp³-hybridized carbons (Fsp3) is 0.200. The van der Waals surface area contributed by atoms with Crippen LogP contribution >= 0.6 is 0 Å². The summed E-state index contributed by atoms with van der Waals surface area (Å²) in [6, 6.07) is 11.1. The first-order valence-electron chi connectivity index (χ1n) is 8.66. The third-order valence-corrected chi connectivity index (χ3v) is 4.61. The summed E-state index contributed by atoms with van der Waals surface area (Å²) >= 11 is 0. The van der Waals surface area contributed by atoms with Crippen molar-refractivity contribution in [1.29, 1.82) is 0 Å². The summed E-state index contributed by atoms with van der Waals surface area (Å²) in [5, 5.41) is 0.538. The summed E-state index contributed by atoms with van der Waals surface area (Å²) in [5.74, 6) is 0.387. The molecule has 0 spiro atoms. The molecule has 0 fully saturated rings. The van der Waals surface area contributed by atoms with Gasteiger partial charge in [-0.15, -0.1) is 0 Å². The zero-order valence-corrected chi connectivity index (χ0v) is 15.1. The first-order chi connectivity index (χ1) is 13.0. The van der Waals surface area contributed by atoms with Gasteiger partial charge < -0.3 is 14.3 Å². The van der Waals surface area contributed by atoms with Crippen molar-refractivity contribution in [2.75, 3.05) is 7.05 Å². The van der Waals surface area contributed by atoms with Gasteiger partial charge >= 0.3 is 0 Å². The molecule has 0 unspecified atom stereocenters. The predicted molar refractivity (Wildman–Crippen MR) is 102 cm³/mol. The van der Waals surface area contributed by atoms with Crippen LogP contribution in [-0.4, -0.2) is 37.2 Å². The molecule has 0 aliphatic rings.